The molecule has 1 amide bonds. The monoisotopic (exact) mass is 608 g/mol. The van der Waals surface area contributed by atoms with Gasteiger partial charge in [0.1, 0.15) is 5.82 Å². The summed E-state index contributed by atoms with van der Waals surface area (Å²) in [6.45, 7) is 13.7. The van der Waals surface area contributed by atoms with Gasteiger partial charge in [0.25, 0.3) is 5.91 Å². The second kappa shape index (κ2) is 15.4. The van der Waals surface area contributed by atoms with E-state index in [0.29, 0.717) is 36.2 Å². The van der Waals surface area contributed by atoms with Gasteiger partial charge >= 0.3 is 0 Å². The molecule has 0 spiro atoms. The lowest BCUT2D eigenvalue weighted by atomic mass is 9.90. The van der Waals surface area contributed by atoms with Gasteiger partial charge in [-0.2, -0.15) is 0 Å². The van der Waals surface area contributed by atoms with E-state index in [4.69, 9.17) is 0 Å². The van der Waals surface area contributed by atoms with Crippen molar-refractivity contribution in [1.82, 2.24) is 9.80 Å². The van der Waals surface area contributed by atoms with Crippen LogP contribution in [-0.2, 0) is 0 Å². The standard InChI is InChI=1S/C39H49FN4O/c1-5-6-7-12-33-26-34(16-17-37(33)41-36-14-10-13-35(40)27-36)39(45)43-24-20-32(21-25-43)30(3)44(38-15-9-8-11-29(38)2)28-31-18-22-42(4)23-19-31/h7-17,26-27,31-32,41H,3,5-6,18-25,28H2,1-2,4H3/b12-7-. The molecule has 0 saturated carbocycles. The molecule has 45 heavy (non-hydrogen) atoms. The first-order chi connectivity index (χ1) is 21.8. The van der Waals surface area contributed by atoms with Crippen molar-refractivity contribution in [2.75, 3.05) is 50.0 Å². The molecule has 0 bridgehead atoms. The number of carbonyl (C=O) groups is 1. The highest BCUT2D eigenvalue weighted by atomic mass is 19.1. The van der Waals surface area contributed by atoms with Crippen LogP contribution in [0.5, 0.6) is 0 Å². The Hall–Kier alpha value is -3.90. The fourth-order valence-electron chi connectivity index (χ4n) is 6.60. The lowest BCUT2D eigenvalue weighted by Crippen LogP contribution is -2.42. The van der Waals surface area contributed by atoms with E-state index in [0.717, 1.165) is 56.6 Å². The highest BCUT2D eigenvalue weighted by Gasteiger charge is 2.30. The normalized spacial score (nSPS) is 16.7. The molecule has 0 aromatic heterocycles. The third kappa shape index (κ3) is 8.43. The first kappa shape index (κ1) is 32.5. The smallest absolute Gasteiger partial charge is 0.253 e. The number of nitrogens with one attached hydrogen (secondary N) is 1. The number of amides is 1. The van der Waals surface area contributed by atoms with Crippen LogP contribution < -0.4 is 10.2 Å². The minimum absolute atomic E-state index is 0.0589. The van der Waals surface area contributed by atoms with Gasteiger partial charge in [-0.25, -0.2) is 4.39 Å². The zero-order valence-corrected chi connectivity index (χ0v) is 27.3. The van der Waals surface area contributed by atoms with E-state index in [9.17, 15) is 9.18 Å². The van der Waals surface area contributed by atoms with Crippen LogP contribution in [0.3, 0.4) is 0 Å². The molecule has 3 aromatic rings. The second-order valence-electron chi connectivity index (χ2n) is 12.8. The van der Waals surface area contributed by atoms with E-state index < -0.39 is 0 Å². The summed E-state index contributed by atoms with van der Waals surface area (Å²) in [7, 11) is 2.21. The largest absolute Gasteiger partial charge is 0.355 e. The Bertz CT molecular complexity index is 1480. The molecule has 3 aromatic carbocycles. The fourth-order valence-corrected chi connectivity index (χ4v) is 6.60. The van der Waals surface area contributed by atoms with E-state index in [2.05, 4.69) is 79.0 Å². The van der Waals surface area contributed by atoms with Crippen molar-refractivity contribution in [3.8, 4) is 0 Å². The predicted octanol–water partition coefficient (Wildman–Crippen LogP) is 8.91. The Morgan fingerprint density at radius 2 is 1.76 bits per heavy atom. The molecule has 5 rings (SSSR count). The average molecular weight is 609 g/mol. The zero-order valence-electron chi connectivity index (χ0n) is 27.3. The Morgan fingerprint density at radius 1 is 1.00 bits per heavy atom. The third-order valence-corrected chi connectivity index (χ3v) is 9.44. The molecular weight excluding hydrogens is 559 g/mol. The first-order valence-corrected chi connectivity index (χ1v) is 16.6. The number of carbonyl (C=O) groups excluding carboxylic acids is 1. The molecule has 2 heterocycles. The molecule has 6 heteroatoms. The van der Waals surface area contributed by atoms with Crippen molar-refractivity contribution < 1.29 is 9.18 Å². The SMILES string of the molecule is C=C(C1CCN(C(=O)c2ccc(Nc3cccc(F)c3)c(/C=C\CCC)c2)CC1)N(CC1CCN(C)CC1)c1ccccc1C. The molecule has 0 aliphatic carbocycles. The van der Waals surface area contributed by atoms with Crippen molar-refractivity contribution in [1.29, 1.82) is 0 Å². The average Bonchev–Trinajstić information content (AvgIpc) is 3.05. The predicted molar refractivity (Wildman–Crippen MR) is 187 cm³/mol. The Kier molecular flexibility index (Phi) is 11.1. The number of likely N-dealkylation sites (tertiary alicyclic amines) is 2. The lowest BCUT2D eigenvalue weighted by molar-refractivity contribution is 0.0701. The number of para-hydroxylation sites is 1. The molecule has 2 fully saturated rings. The highest BCUT2D eigenvalue weighted by molar-refractivity contribution is 5.96. The maximum Gasteiger partial charge on any atom is 0.253 e. The summed E-state index contributed by atoms with van der Waals surface area (Å²) >= 11 is 0. The van der Waals surface area contributed by atoms with Crippen molar-refractivity contribution in [3.05, 3.63) is 108 Å². The van der Waals surface area contributed by atoms with E-state index in [1.54, 1.807) is 6.07 Å². The number of allylic oxidation sites excluding steroid dienone is 2. The molecule has 2 saturated heterocycles. The van der Waals surface area contributed by atoms with Crippen molar-refractivity contribution in [2.24, 2.45) is 11.8 Å². The summed E-state index contributed by atoms with van der Waals surface area (Å²) in [5.74, 6) is 0.761. The van der Waals surface area contributed by atoms with Crippen LogP contribution in [0.1, 0.15) is 66.9 Å². The minimum Gasteiger partial charge on any atom is -0.355 e. The maximum atomic E-state index is 13.8. The number of piperidine rings is 2. The molecule has 2 aliphatic rings. The number of nitrogens with zero attached hydrogens (tertiary/aromatic N) is 3. The van der Waals surface area contributed by atoms with Crippen molar-refractivity contribution in [2.45, 2.75) is 52.4 Å². The summed E-state index contributed by atoms with van der Waals surface area (Å²) < 4.78 is 13.8. The molecule has 0 unspecified atom stereocenters. The summed E-state index contributed by atoms with van der Waals surface area (Å²) in [4.78, 5) is 20.7. The zero-order chi connectivity index (χ0) is 31.8. The van der Waals surface area contributed by atoms with E-state index in [-0.39, 0.29) is 11.7 Å². The summed E-state index contributed by atoms with van der Waals surface area (Å²) in [6.07, 6.45) is 10.4. The quantitative estimate of drug-likeness (QED) is 0.236. The molecule has 2 aliphatic heterocycles. The van der Waals surface area contributed by atoms with Crippen LogP contribution >= 0.6 is 0 Å². The third-order valence-electron chi connectivity index (χ3n) is 9.44. The van der Waals surface area contributed by atoms with Gasteiger partial charge in [-0.1, -0.05) is 56.3 Å². The molecule has 5 nitrogen and oxygen atoms in total. The van der Waals surface area contributed by atoms with Crippen LogP contribution in [-0.4, -0.2) is 55.5 Å². The molecule has 0 radical (unpaired) electrons. The molecular formula is C39H49FN4O. The number of hydrogen-bond donors (Lipinski definition) is 1. The van der Waals surface area contributed by atoms with E-state index in [1.807, 2.05) is 29.2 Å². The Balaban J connectivity index is 1.27. The van der Waals surface area contributed by atoms with Gasteiger partial charge < -0.3 is 20.0 Å². The van der Waals surface area contributed by atoms with Crippen LogP contribution in [0, 0.1) is 24.6 Å². The number of aryl methyl sites for hydroxylation is 1. The van der Waals surface area contributed by atoms with Gasteiger partial charge in [0, 0.05) is 53.9 Å². The fraction of sp³-hybridized carbons (Fsp3) is 0.410. The molecule has 1 N–H and O–H groups in total. The topological polar surface area (TPSA) is 38.8 Å². The van der Waals surface area contributed by atoms with Gasteiger partial charge in [0.2, 0.25) is 0 Å². The van der Waals surface area contributed by atoms with Gasteiger partial charge in [-0.15, -0.1) is 0 Å². The van der Waals surface area contributed by atoms with Crippen molar-refractivity contribution in [3.63, 3.8) is 0 Å². The summed E-state index contributed by atoms with van der Waals surface area (Å²) in [5, 5.41) is 3.33. The van der Waals surface area contributed by atoms with Gasteiger partial charge in [-0.3, -0.25) is 4.79 Å². The van der Waals surface area contributed by atoms with Crippen molar-refractivity contribution >= 4 is 29.0 Å². The van der Waals surface area contributed by atoms with Gasteiger partial charge in [-0.05, 0) is 119 Å². The minimum atomic E-state index is -0.287. The second-order valence-corrected chi connectivity index (χ2v) is 12.8. The number of benzene rings is 3. The summed E-state index contributed by atoms with van der Waals surface area (Å²) in [6, 6.07) is 20.9. The Morgan fingerprint density at radius 3 is 2.47 bits per heavy atom. The van der Waals surface area contributed by atoms with E-state index >= 15 is 0 Å². The van der Waals surface area contributed by atoms with Gasteiger partial charge in [0.15, 0.2) is 0 Å². The molecule has 0 atom stereocenters. The highest BCUT2D eigenvalue weighted by Crippen LogP contribution is 2.34. The number of anilines is 3. The van der Waals surface area contributed by atoms with Crippen LogP contribution in [0.15, 0.2) is 85.1 Å². The number of hydrogen-bond acceptors (Lipinski definition) is 4. The number of unbranched alkanes of at least 4 members (excludes halogenated alkanes) is 1. The first-order valence-electron chi connectivity index (χ1n) is 16.6. The van der Waals surface area contributed by atoms with Crippen LogP contribution in [0.4, 0.5) is 21.5 Å². The van der Waals surface area contributed by atoms with Gasteiger partial charge in [0.05, 0.1) is 0 Å². The van der Waals surface area contributed by atoms with E-state index in [1.165, 1.54) is 41.9 Å². The molecule has 238 valence electrons. The van der Waals surface area contributed by atoms with Crippen LogP contribution in [0.25, 0.3) is 6.08 Å². The lowest BCUT2D eigenvalue weighted by Gasteiger charge is -2.40. The Labute approximate surface area is 269 Å². The number of halogens is 1. The summed E-state index contributed by atoms with van der Waals surface area (Å²) in [5.41, 5.74) is 6.85. The van der Waals surface area contributed by atoms with Crippen LogP contribution in [0.2, 0.25) is 0 Å². The number of rotatable bonds is 11. The maximum absolute atomic E-state index is 13.8.